The van der Waals surface area contributed by atoms with Gasteiger partial charge in [0.15, 0.2) is 0 Å². The summed E-state index contributed by atoms with van der Waals surface area (Å²) in [5.41, 5.74) is 9.42. The summed E-state index contributed by atoms with van der Waals surface area (Å²) in [6.45, 7) is -1.81. The Labute approximate surface area is 145 Å². The summed E-state index contributed by atoms with van der Waals surface area (Å²) in [5, 5.41) is 13.0. The van der Waals surface area contributed by atoms with Crippen molar-refractivity contribution in [2.45, 2.75) is 10.8 Å². The van der Waals surface area contributed by atoms with Crippen LogP contribution in [0.4, 0.5) is 14.5 Å². The van der Waals surface area contributed by atoms with E-state index in [1.807, 2.05) is 5.32 Å². The van der Waals surface area contributed by atoms with Crippen LogP contribution < -0.4 is 16.8 Å². The zero-order valence-corrected chi connectivity index (χ0v) is 13.8. The molecule has 0 spiro atoms. The maximum atomic E-state index is 12.9. The fourth-order valence-electron chi connectivity index (χ4n) is 1.43. The Hall–Kier alpha value is -1.98. The molecule has 0 fully saturated rings. The second kappa shape index (κ2) is 9.35. The Bertz CT molecular complexity index is 633. The third-order valence-corrected chi connectivity index (χ3v) is 3.70. The molecular formula is C12H15ClF2N4O4S. The molecule has 0 aliphatic heterocycles. The van der Waals surface area contributed by atoms with Gasteiger partial charge in [0.25, 0.3) is 11.6 Å². The van der Waals surface area contributed by atoms with Gasteiger partial charge in [-0.25, -0.2) is 8.78 Å². The fourth-order valence-corrected chi connectivity index (χ4v) is 2.26. The molecule has 5 N–H and O–H groups in total. The second-order valence-electron chi connectivity index (χ2n) is 4.43. The number of alkyl halides is 2. The van der Waals surface area contributed by atoms with Gasteiger partial charge in [0.1, 0.15) is 0 Å². The number of halogens is 3. The van der Waals surface area contributed by atoms with Gasteiger partial charge in [0, 0.05) is 11.6 Å². The van der Waals surface area contributed by atoms with Crippen molar-refractivity contribution in [3.63, 3.8) is 0 Å². The van der Waals surface area contributed by atoms with Crippen molar-refractivity contribution >= 4 is 41.7 Å². The lowest BCUT2D eigenvalue weighted by molar-refractivity contribution is -0.387. The minimum Gasteiger partial charge on any atom is -0.366 e. The number of rotatable bonds is 8. The number of hydrogen-bond acceptors (Lipinski definition) is 6. The van der Waals surface area contributed by atoms with Gasteiger partial charge in [-0.3, -0.25) is 19.7 Å². The molecule has 134 valence electrons. The third kappa shape index (κ3) is 6.64. The van der Waals surface area contributed by atoms with Crippen LogP contribution in [-0.2, 0) is 4.79 Å². The Morgan fingerprint density at radius 3 is 2.50 bits per heavy atom. The van der Waals surface area contributed by atoms with Gasteiger partial charge in [0.05, 0.1) is 28.7 Å². The number of hydrogen-bond donors (Lipinski definition) is 3. The lowest BCUT2D eigenvalue weighted by Crippen LogP contribution is -2.42. The smallest absolute Gasteiger partial charge is 0.283 e. The van der Waals surface area contributed by atoms with E-state index < -0.39 is 41.4 Å². The molecule has 0 bridgehead atoms. The van der Waals surface area contributed by atoms with Gasteiger partial charge >= 0.3 is 0 Å². The second-order valence-corrected chi connectivity index (χ2v) is 5.45. The number of nitrogens with two attached hydrogens (primary N) is 2. The van der Waals surface area contributed by atoms with Gasteiger partial charge < -0.3 is 16.8 Å². The Morgan fingerprint density at radius 1 is 1.38 bits per heavy atom. The average molecular weight is 385 g/mol. The molecule has 0 unspecified atom stereocenters. The molecule has 0 aromatic heterocycles. The summed E-state index contributed by atoms with van der Waals surface area (Å²) in [4.78, 5) is 32.8. The predicted molar refractivity (Wildman–Crippen MR) is 86.6 cm³/mol. The first-order chi connectivity index (χ1) is 10.7. The Morgan fingerprint density at radius 2 is 2.00 bits per heavy atom. The quantitative estimate of drug-likeness (QED) is 0.345. The molecule has 0 saturated carbocycles. The van der Waals surface area contributed by atoms with Crippen LogP contribution in [0.15, 0.2) is 23.1 Å². The minimum atomic E-state index is -3.21. The van der Waals surface area contributed by atoms with Crippen LogP contribution in [0.25, 0.3) is 0 Å². The molecule has 2 amide bonds. The van der Waals surface area contributed by atoms with E-state index in [0.717, 1.165) is 17.8 Å². The number of nitro benzene ring substituents is 1. The Balaban J connectivity index is 0.00000529. The minimum absolute atomic E-state index is 0. The van der Waals surface area contributed by atoms with Crippen molar-refractivity contribution in [1.29, 1.82) is 0 Å². The molecule has 1 rings (SSSR count). The third-order valence-electron chi connectivity index (χ3n) is 2.64. The summed E-state index contributed by atoms with van der Waals surface area (Å²) >= 11 is 0.780. The van der Waals surface area contributed by atoms with Crippen LogP contribution in [0.3, 0.4) is 0 Å². The summed E-state index contributed by atoms with van der Waals surface area (Å²) < 4.78 is 25.8. The number of nitro groups is 1. The molecule has 0 aliphatic rings. The number of thioether (sulfide) groups is 1. The largest absolute Gasteiger partial charge is 0.366 e. The molecule has 1 aromatic carbocycles. The highest BCUT2D eigenvalue weighted by Crippen LogP contribution is 2.29. The van der Waals surface area contributed by atoms with Gasteiger partial charge in [0.2, 0.25) is 11.8 Å². The van der Waals surface area contributed by atoms with Crippen LogP contribution >= 0.6 is 24.2 Å². The normalized spacial score (nSPS) is 10.6. The molecule has 12 heteroatoms. The fraction of sp³-hybridized carbons (Fsp3) is 0.333. The zero-order valence-electron chi connectivity index (χ0n) is 12.2. The predicted octanol–water partition coefficient (Wildman–Crippen LogP) is 0.918. The highest BCUT2D eigenvalue weighted by Gasteiger charge is 2.27. The molecule has 0 aliphatic carbocycles. The highest BCUT2D eigenvalue weighted by molar-refractivity contribution is 8.00. The Kier molecular flexibility index (Phi) is 8.58. The molecular weight excluding hydrogens is 370 g/mol. The summed E-state index contributed by atoms with van der Waals surface area (Å²) in [5.74, 6) is -5.07. The van der Waals surface area contributed by atoms with Crippen LogP contribution in [0.5, 0.6) is 0 Å². The number of carbonyl (C=O) groups excluding carboxylic acids is 2. The van der Waals surface area contributed by atoms with Crippen LogP contribution in [0.2, 0.25) is 0 Å². The van der Waals surface area contributed by atoms with Crippen LogP contribution in [-0.4, -0.2) is 41.5 Å². The summed E-state index contributed by atoms with van der Waals surface area (Å²) in [6, 6.07) is 3.54. The zero-order chi connectivity index (χ0) is 17.6. The van der Waals surface area contributed by atoms with Crippen LogP contribution in [0, 0.1) is 10.1 Å². The van der Waals surface area contributed by atoms with E-state index in [1.165, 1.54) is 12.1 Å². The van der Waals surface area contributed by atoms with Gasteiger partial charge in [-0.2, -0.15) is 0 Å². The number of primary amides is 1. The van der Waals surface area contributed by atoms with Gasteiger partial charge in [-0.05, 0) is 12.1 Å². The van der Waals surface area contributed by atoms with Crippen molar-refractivity contribution in [3.8, 4) is 0 Å². The van der Waals surface area contributed by atoms with Gasteiger partial charge in [-0.1, -0.05) is 0 Å². The number of nitrogens with one attached hydrogen (secondary N) is 1. The lowest BCUT2D eigenvalue weighted by atomic mass is 10.2. The van der Waals surface area contributed by atoms with E-state index in [4.69, 9.17) is 11.5 Å². The molecule has 0 radical (unpaired) electrons. The number of nitrogens with zero attached hydrogens (tertiary/aromatic N) is 1. The monoisotopic (exact) mass is 384 g/mol. The van der Waals surface area contributed by atoms with E-state index in [0.29, 0.717) is 0 Å². The standard InChI is InChI=1S/C12H14F2N4O4S.ClH/c13-12(14,5-15)6-17-10(19)4-23-9-2-1-7(11(16)20)3-8(9)18(21)22;/h1-3H,4-6,15H2,(H2,16,20)(H,17,19);1H. The number of amides is 2. The maximum absolute atomic E-state index is 12.9. The van der Waals surface area contributed by atoms with Crippen molar-refractivity contribution in [1.82, 2.24) is 5.32 Å². The van der Waals surface area contributed by atoms with Crippen molar-refractivity contribution in [2.24, 2.45) is 11.5 Å². The average Bonchev–Trinajstić information content (AvgIpc) is 2.50. The van der Waals surface area contributed by atoms with E-state index >= 15 is 0 Å². The number of carbonyl (C=O) groups is 2. The highest BCUT2D eigenvalue weighted by atomic mass is 35.5. The van der Waals surface area contributed by atoms with E-state index in [2.05, 4.69) is 0 Å². The topological polar surface area (TPSA) is 141 Å². The first-order valence-electron chi connectivity index (χ1n) is 6.22. The van der Waals surface area contributed by atoms with E-state index in [1.54, 1.807) is 0 Å². The molecule has 0 heterocycles. The van der Waals surface area contributed by atoms with Crippen LogP contribution in [0.1, 0.15) is 10.4 Å². The van der Waals surface area contributed by atoms with E-state index in [9.17, 15) is 28.5 Å². The lowest BCUT2D eigenvalue weighted by Gasteiger charge is -2.14. The molecule has 1 aromatic rings. The molecule has 24 heavy (non-hydrogen) atoms. The molecule has 0 atom stereocenters. The van der Waals surface area contributed by atoms with Crippen molar-refractivity contribution in [2.75, 3.05) is 18.8 Å². The van der Waals surface area contributed by atoms with Crippen molar-refractivity contribution < 1.29 is 23.3 Å². The summed E-state index contributed by atoms with van der Waals surface area (Å²) in [6.07, 6.45) is 0. The van der Waals surface area contributed by atoms with Gasteiger partial charge in [-0.15, -0.1) is 24.2 Å². The first kappa shape index (κ1) is 22.0. The molecule has 8 nitrogen and oxygen atoms in total. The SMILES string of the molecule is Cl.NCC(F)(F)CNC(=O)CSc1ccc(C(N)=O)cc1[N+](=O)[O-]. The number of benzene rings is 1. The summed E-state index contributed by atoms with van der Waals surface area (Å²) in [7, 11) is 0. The van der Waals surface area contributed by atoms with Crippen molar-refractivity contribution in [3.05, 3.63) is 33.9 Å². The first-order valence-corrected chi connectivity index (χ1v) is 7.20. The maximum Gasteiger partial charge on any atom is 0.283 e. The van der Waals surface area contributed by atoms with E-state index in [-0.39, 0.29) is 28.6 Å². The molecule has 0 saturated heterocycles.